The molecule has 2 amide bonds. The molecule has 0 bridgehead atoms. The Balaban J connectivity index is 1.54. The first-order chi connectivity index (χ1) is 14.4. The van der Waals surface area contributed by atoms with Crippen LogP contribution >= 0.6 is 0 Å². The quantitative estimate of drug-likeness (QED) is 0.757. The van der Waals surface area contributed by atoms with E-state index in [9.17, 15) is 18.0 Å². The van der Waals surface area contributed by atoms with Crippen molar-refractivity contribution in [2.75, 3.05) is 18.5 Å². The number of carbonyl (C=O) groups excluding carboxylic acids is 2. The predicted molar refractivity (Wildman–Crippen MR) is 111 cm³/mol. The van der Waals surface area contributed by atoms with E-state index in [0.29, 0.717) is 13.0 Å². The maximum Gasteiger partial charge on any atom is 0.273 e. The standard InChI is InChI=1S/C21H25N3O5S/c1-2-14-11-18-21(26)23-17-12-15(6-7-19(17)30(27,28)24(18)13-14)20(25)22-9-8-16-5-3-4-10-29-16/h6-7,11-13,16H,2-5,8-10H2,1H3,(H,22,25)(H,23,26)/t16-/m0/s1. The summed E-state index contributed by atoms with van der Waals surface area (Å²) >= 11 is 0. The monoisotopic (exact) mass is 431 g/mol. The number of carbonyl (C=O) groups is 2. The number of rotatable bonds is 5. The van der Waals surface area contributed by atoms with Crippen molar-refractivity contribution in [3.8, 4) is 0 Å². The van der Waals surface area contributed by atoms with Gasteiger partial charge in [0.15, 0.2) is 0 Å². The summed E-state index contributed by atoms with van der Waals surface area (Å²) in [5.41, 5.74) is 1.20. The largest absolute Gasteiger partial charge is 0.378 e. The Morgan fingerprint density at radius 3 is 2.87 bits per heavy atom. The molecule has 2 aromatic rings. The Hall–Kier alpha value is -2.65. The summed E-state index contributed by atoms with van der Waals surface area (Å²) < 4.78 is 32.8. The lowest BCUT2D eigenvalue weighted by Crippen LogP contribution is -2.29. The highest BCUT2D eigenvalue weighted by Crippen LogP contribution is 2.30. The molecular formula is C21H25N3O5S. The SMILES string of the molecule is CCc1cc2n(c1)S(=O)(=O)c1ccc(C(=O)NCC[C@@H]3CCCCO3)cc1NC2=O. The minimum absolute atomic E-state index is 0.0417. The van der Waals surface area contributed by atoms with E-state index < -0.39 is 15.9 Å². The van der Waals surface area contributed by atoms with Crippen molar-refractivity contribution in [1.82, 2.24) is 9.29 Å². The van der Waals surface area contributed by atoms with Crippen molar-refractivity contribution in [3.63, 3.8) is 0 Å². The number of nitrogens with one attached hydrogen (secondary N) is 2. The van der Waals surface area contributed by atoms with Crippen molar-refractivity contribution >= 4 is 27.5 Å². The summed E-state index contributed by atoms with van der Waals surface area (Å²) in [6.07, 6.45) is 6.19. The zero-order chi connectivity index (χ0) is 21.3. The number of fused-ring (bicyclic) bond motifs is 2. The van der Waals surface area contributed by atoms with Gasteiger partial charge in [0.05, 0.1) is 11.8 Å². The van der Waals surface area contributed by atoms with Crippen LogP contribution in [0, 0.1) is 0 Å². The lowest BCUT2D eigenvalue weighted by atomic mass is 10.1. The average Bonchev–Trinajstić information content (AvgIpc) is 3.17. The fourth-order valence-corrected chi connectivity index (χ4v) is 5.33. The van der Waals surface area contributed by atoms with Crippen LogP contribution in [0.4, 0.5) is 5.69 Å². The van der Waals surface area contributed by atoms with Crippen LogP contribution in [0.25, 0.3) is 0 Å². The van der Waals surface area contributed by atoms with Gasteiger partial charge in [-0.25, -0.2) is 12.4 Å². The van der Waals surface area contributed by atoms with Crippen LogP contribution in [0.5, 0.6) is 0 Å². The van der Waals surface area contributed by atoms with Crippen LogP contribution in [-0.4, -0.2) is 43.5 Å². The molecule has 2 aliphatic rings. The van der Waals surface area contributed by atoms with Gasteiger partial charge in [0.25, 0.3) is 21.8 Å². The lowest BCUT2D eigenvalue weighted by Gasteiger charge is -2.22. The molecule has 4 rings (SSSR count). The topological polar surface area (TPSA) is 106 Å². The van der Waals surface area contributed by atoms with Gasteiger partial charge in [0, 0.05) is 24.9 Å². The van der Waals surface area contributed by atoms with E-state index in [1.165, 1.54) is 24.4 Å². The van der Waals surface area contributed by atoms with Crippen molar-refractivity contribution in [3.05, 3.63) is 47.3 Å². The van der Waals surface area contributed by atoms with Crippen LogP contribution < -0.4 is 10.6 Å². The van der Waals surface area contributed by atoms with Crippen LogP contribution in [0.3, 0.4) is 0 Å². The third kappa shape index (κ3) is 3.87. The zero-order valence-electron chi connectivity index (χ0n) is 16.8. The Bertz CT molecular complexity index is 1080. The number of amides is 2. The van der Waals surface area contributed by atoms with Gasteiger partial charge in [0.1, 0.15) is 10.6 Å². The molecule has 0 aliphatic carbocycles. The van der Waals surface area contributed by atoms with Gasteiger partial charge in [-0.3, -0.25) is 9.59 Å². The van der Waals surface area contributed by atoms with Crippen LogP contribution in [0.1, 0.15) is 59.0 Å². The molecule has 1 saturated heterocycles. The second kappa shape index (κ2) is 8.23. The Morgan fingerprint density at radius 1 is 1.30 bits per heavy atom. The minimum Gasteiger partial charge on any atom is -0.378 e. The number of ether oxygens (including phenoxy) is 1. The smallest absolute Gasteiger partial charge is 0.273 e. The van der Waals surface area contributed by atoms with Crippen LogP contribution in [-0.2, 0) is 21.2 Å². The molecule has 2 aliphatic heterocycles. The number of aromatic nitrogens is 1. The Labute approximate surface area is 175 Å². The number of nitrogens with zero attached hydrogens (tertiary/aromatic N) is 1. The molecule has 0 spiro atoms. The summed E-state index contributed by atoms with van der Waals surface area (Å²) in [5, 5.41) is 5.48. The van der Waals surface area contributed by atoms with Gasteiger partial charge in [-0.15, -0.1) is 0 Å². The first kappa shape index (κ1) is 20.6. The predicted octanol–water partition coefficient (Wildman–Crippen LogP) is 2.54. The van der Waals surface area contributed by atoms with E-state index in [0.717, 1.165) is 41.8 Å². The molecule has 9 heteroatoms. The van der Waals surface area contributed by atoms with Crippen molar-refractivity contribution < 1.29 is 22.7 Å². The fourth-order valence-electron chi connectivity index (χ4n) is 3.82. The highest BCUT2D eigenvalue weighted by Gasteiger charge is 2.31. The molecule has 1 atom stereocenters. The minimum atomic E-state index is -3.95. The summed E-state index contributed by atoms with van der Waals surface area (Å²) in [5.74, 6) is -0.846. The number of anilines is 1. The van der Waals surface area contributed by atoms with Crippen molar-refractivity contribution in [1.29, 1.82) is 0 Å². The van der Waals surface area contributed by atoms with E-state index in [1.54, 1.807) is 6.07 Å². The molecule has 0 saturated carbocycles. The van der Waals surface area contributed by atoms with Gasteiger partial charge >= 0.3 is 0 Å². The third-order valence-corrected chi connectivity index (χ3v) is 7.27. The van der Waals surface area contributed by atoms with Crippen LogP contribution in [0.2, 0.25) is 0 Å². The van der Waals surface area contributed by atoms with E-state index in [-0.39, 0.29) is 33.9 Å². The molecule has 2 N–H and O–H groups in total. The molecule has 1 aromatic carbocycles. The molecule has 1 aromatic heterocycles. The van der Waals surface area contributed by atoms with Crippen molar-refractivity contribution in [2.45, 2.75) is 50.0 Å². The third-order valence-electron chi connectivity index (χ3n) is 5.54. The summed E-state index contributed by atoms with van der Waals surface area (Å²) in [6.45, 7) is 3.12. The van der Waals surface area contributed by atoms with Crippen LogP contribution in [0.15, 0.2) is 35.4 Å². The molecule has 0 unspecified atom stereocenters. The first-order valence-corrected chi connectivity index (χ1v) is 11.7. The molecule has 3 heterocycles. The molecule has 8 nitrogen and oxygen atoms in total. The maximum absolute atomic E-state index is 13.1. The van der Waals surface area contributed by atoms with Crippen molar-refractivity contribution in [2.24, 2.45) is 0 Å². The summed E-state index contributed by atoms with van der Waals surface area (Å²) in [6, 6.07) is 5.80. The van der Waals surface area contributed by atoms with E-state index in [4.69, 9.17) is 4.74 Å². The highest BCUT2D eigenvalue weighted by molar-refractivity contribution is 7.90. The molecule has 160 valence electrons. The van der Waals surface area contributed by atoms with Gasteiger partial charge in [-0.05, 0) is 61.9 Å². The van der Waals surface area contributed by atoms with Gasteiger partial charge in [0.2, 0.25) is 0 Å². The molecule has 1 fully saturated rings. The Kier molecular flexibility index (Phi) is 5.66. The number of hydrogen-bond donors (Lipinski definition) is 2. The fraction of sp³-hybridized carbons (Fsp3) is 0.429. The highest BCUT2D eigenvalue weighted by atomic mass is 32.2. The molecule has 0 radical (unpaired) electrons. The van der Waals surface area contributed by atoms with Gasteiger partial charge in [-0.1, -0.05) is 6.92 Å². The van der Waals surface area contributed by atoms with E-state index in [1.807, 2.05) is 6.92 Å². The number of hydrogen-bond acceptors (Lipinski definition) is 5. The summed E-state index contributed by atoms with van der Waals surface area (Å²) in [4.78, 5) is 25.1. The summed E-state index contributed by atoms with van der Waals surface area (Å²) in [7, 11) is -3.95. The van der Waals surface area contributed by atoms with E-state index >= 15 is 0 Å². The number of aryl methyl sites for hydroxylation is 1. The van der Waals surface area contributed by atoms with Gasteiger partial charge < -0.3 is 15.4 Å². The normalized spacial score (nSPS) is 19.9. The second-order valence-electron chi connectivity index (χ2n) is 7.59. The first-order valence-electron chi connectivity index (χ1n) is 10.2. The zero-order valence-corrected chi connectivity index (χ0v) is 17.6. The Morgan fingerprint density at radius 2 is 2.13 bits per heavy atom. The van der Waals surface area contributed by atoms with E-state index in [2.05, 4.69) is 10.6 Å². The van der Waals surface area contributed by atoms with Gasteiger partial charge in [-0.2, -0.15) is 0 Å². The second-order valence-corrected chi connectivity index (χ2v) is 9.37. The average molecular weight is 432 g/mol. The maximum atomic E-state index is 13.1. The number of benzene rings is 1. The molecule has 30 heavy (non-hydrogen) atoms. The molecular weight excluding hydrogens is 406 g/mol. The lowest BCUT2D eigenvalue weighted by molar-refractivity contribution is 0.0117.